The highest BCUT2D eigenvalue weighted by Crippen LogP contribution is 2.37. The van der Waals surface area contributed by atoms with E-state index in [4.69, 9.17) is 4.52 Å². The minimum Gasteiger partial charge on any atom is -0.360 e. The van der Waals surface area contributed by atoms with Crippen LogP contribution in [0.15, 0.2) is 39.3 Å². The van der Waals surface area contributed by atoms with Crippen LogP contribution in [-0.4, -0.2) is 11.2 Å². The van der Waals surface area contributed by atoms with Crippen molar-refractivity contribution in [3.05, 3.63) is 51.8 Å². The predicted octanol–water partition coefficient (Wildman–Crippen LogP) is 3.78. The molecule has 0 atom stereocenters. The fourth-order valence-electron chi connectivity index (χ4n) is 2.54. The zero-order chi connectivity index (χ0) is 13.2. The molecule has 4 heteroatoms. The largest absolute Gasteiger partial charge is 0.360 e. The van der Waals surface area contributed by atoms with Crippen LogP contribution in [0.4, 0.5) is 0 Å². The molecule has 0 unspecified atom stereocenters. The first kappa shape index (κ1) is 12.9. The molecule has 19 heavy (non-hydrogen) atoms. The molecule has 0 saturated heterocycles. The standard InChI is InChI=1S/C15H17BrN2O/c1-10-6-15(19-18-10)9-17-14-7-12(8-14)11-2-4-13(16)5-3-11/h2-6,12,14,17H,7-9H2,1H3. The Bertz CT molecular complexity index is 544. The van der Waals surface area contributed by atoms with Crippen molar-refractivity contribution in [2.75, 3.05) is 0 Å². The molecule has 1 aliphatic carbocycles. The van der Waals surface area contributed by atoms with Gasteiger partial charge in [0.1, 0.15) is 0 Å². The van der Waals surface area contributed by atoms with E-state index in [2.05, 4.69) is 50.7 Å². The fourth-order valence-corrected chi connectivity index (χ4v) is 2.80. The quantitative estimate of drug-likeness (QED) is 0.931. The smallest absolute Gasteiger partial charge is 0.150 e. The first-order valence-corrected chi connectivity index (χ1v) is 7.41. The van der Waals surface area contributed by atoms with Crippen LogP contribution < -0.4 is 5.32 Å². The Kier molecular flexibility index (Phi) is 3.71. The molecule has 3 nitrogen and oxygen atoms in total. The third-order valence-corrected chi connectivity index (χ3v) is 4.25. The van der Waals surface area contributed by atoms with Gasteiger partial charge in [-0.1, -0.05) is 33.2 Å². The second-order valence-corrected chi connectivity index (χ2v) is 6.15. The lowest BCUT2D eigenvalue weighted by Crippen LogP contribution is -2.39. The zero-order valence-corrected chi connectivity index (χ0v) is 12.5. The minimum atomic E-state index is 0.596. The molecule has 100 valence electrons. The van der Waals surface area contributed by atoms with Gasteiger partial charge in [-0.2, -0.15) is 0 Å². The number of aryl methyl sites for hydroxylation is 1. The minimum absolute atomic E-state index is 0.596. The Morgan fingerprint density at radius 2 is 2.05 bits per heavy atom. The topological polar surface area (TPSA) is 38.1 Å². The van der Waals surface area contributed by atoms with Gasteiger partial charge in [0.15, 0.2) is 5.76 Å². The van der Waals surface area contributed by atoms with Crippen molar-refractivity contribution in [1.82, 2.24) is 10.5 Å². The molecule has 2 aromatic rings. The molecule has 1 fully saturated rings. The summed E-state index contributed by atoms with van der Waals surface area (Å²) >= 11 is 3.47. The molecule has 1 saturated carbocycles. The SMILES string of the molecule is Cc1cc(CNC2CC(c3ccc(Br)cc3)C2)on1. The van der Waals surface area contributed by atoms with E-state index in [1.807, 2.05) is 13.0 Å². The lowest BCUT2D eigenvalue weighted by molar-refractivity contribution is 0.274. The van der Waals surface area contributed by atoms with Crippen molar-refractivity contribution in [1.29, 1.82) is 0 Å². The summed E-state index contributed by atoms with van der Waals surface area (Å²) in [4.78, 5) is 0. The van der Waals surface area contributed by atoms with E-state index in [-0.39, 0.29) is 0 Å². The Hall–Kier alpha value is -1.13. The second-order valence-electron chi connectivity index (χ2n) is 5.23. The molecule has 0 bridgehead atoms. The maximum atomic E-state index is 5.19. The first-order valence-electron chi connectivity index (χ1n) is 6.62. The average Bonchev–Trinajstić information content (AvgIpc) is 2.75. The fraction of sp³-hybridized carbons (Fsp3) is 0.400. The molecule has 1 aliphatic rings. The van der Waals surface area contributed by atoms with E-state index < -0.39 is 0 Å². The van der Waals surface area contributed by atoms with E-state index in [1.54, 1.807) is 0 Å². The molecule has 1 aromatic carbocycles. The maximum Gasteiger partial charge on any atom is 0.150 e. The number of rotatable bonds is 4. The molecule has 0 radical (unpaired) electrons. The van der Waals surface area contributed by atoms with E-state index in [1.165, 1.54) is 18.4 Å². The number of nitrogens with zero attached hydrogens (tertiary/aromatic N) is 1. The van der Waals surface area contributed by atoms with Crippen molar-refractivity contribution < 1.29 is 4.52 Å². The van der Waals surface area contributed by atoms with Gasteiger partial charge in [-0.3, -0.25) is 0 Å². The molecule has 1 aromatic heterocycles. The van der Waals surface area contributed by atoms with Gasteiger partial charge in [-0.15, -0.1) is 0 Å². The molecule has 0 amide bonds. The van der Waals surface area contributed by atoms with Gasteiger partial charge in [0, 0.05) is 16.6 Å². The summed E-state index contributed by atoms with van der Waals surface area (Å²) in [5, 5.41) is 7.41. The van der Waals surface area contributed by atoms with Crippen LogP contribution in [0.2, 0.25) is 0 Å². The summed E-state index contributed by atoms with van der Waals surface area (Å²) in [5.74, 6) is 1.62. The third-order valence-electron chi connectivity index (χ3n) is 3.72. The Morgan fingerprint density at radius 1 is 1.32 bits per heavy atom. The average molecular weight is 321 g/mol. The zero-order valence-electron chi connectivity index (χ0n) is 10.9. The number of benzene rings is 1. The second kappa shape index (κ2) is 5.47. The molecule has 3 rings (SSSR count). The lowest BCUT2D eigenvalue weighted by atomic mass is 9.76. The van der Waals surface area contributed by atoms with E-state index in [0.717, 1.165) is 22.5 Å². The number of hydrogen-bond donors (Lipinski definition) is 1. The van der Waals surface area contributed by atoms with Crippen LogP contribution in [0.25, 0.3) is 0 Å². The van der Waals surface area contributed by atoms with Crippen LogP contribution in [0.3, 0.4) is 0 Å². The van der Waals surface area contributed by atoms with Crippen molar-refractivity contribution in [3.8, 4) is 0 Å². The van der Waals surface area contributed by atoms with Crippen molar-refractivity contribution in [2.45, 2.75) is 38.3 Å². The van der Waals surface area contributed by atoms with E-state index in [9.17, 15) is 0 Å². The first-order chi connectivity index (χ1) is 9.20. The van der Waals surface area contributed by atoms with Crippen LogP contribution in [-0.2, 0) is 6.54 Å². The number of nitrogens with one attached hydrogen (secondary N) is 1. The van der Waals surface area contributed by atoms with Crippen LogP contribution in [0.1, 0.15) is 35.8 Å². The summed E-state index contributed by atoms with van der Waals surface area (Å²) in [6.45, 7) is 2.72. The van der Waals surface area contributed by atoms with Crippen molar-refractivity contribution >= 4 is 15.9 Å². The van der Waals surface area contributed by atoms with Gasteiger partial charge in [0.05, 0.1) is 12.2 Å². The molecule has 0 aliphatic heterocycles. The highest BCUT2D eigenvalue weighted by atomic mass is 79.9. The van der Waals surface area contributed by atoms with Gasteiger partial charge in [-0.25, -0.2) is 0 Å². The van der Waals surface area contributed by atoms with Gasteiger partial charge in [-0.05, 0) is 43.4 Å². The number of halogens is 1. The van der Waals surface area contributed by atoms with E-state index >= 15 is 0 Å². The van der Waals surface area contributed by atoms with E-state index in [0.29, 0.717) is 12.0 Å². The van der Waals surface area contributed by atoms with Gasteiger partial charge >= 0.3 is 0 Å². The number of aromatic nitrogens is 1. The summed E-state index contributed by atoms with van der Waals surface area (Å²) in [6, 6.07) is 11.2. The van der Waals surface area contributed by atoms with Gasteiger partial charge in [0.2, 0.25) is 0 Å². The molecule has 1 heterocycles. The lowest BCUT2D eigenvalue weighted by Gasteiger charge is -2.36. The third kappa shape index (κ3) is 3.07. The Balaban J connectivity index is 1.46. The van der Waals surface area contributed by atoms with Crippen LogP contribution >= 0.6 is 15.9 Å². The van der Waals surface area contributed by atoms with Gasteiger partial charge < -0.3 is 9.84 Å². The molecular formula is C15H17BrN2O. The summed E-state index contributed by atoms with van der Waals surface area (Å²) in [6.07, 6.45) is 2.41. The maximum absolute atomic E-state index is 5.19. The summed E-state index contributed by atoms with van der Waals surface area (Å²) in [7, 11) is 0. The Labute approximate surface area is 121 Å². The summed E-state index contributed by atoms with van der Waals surface area (Å²) in [5.41, 5.74) is 2.38. The summed E-state index contributed by atoms with van der Waals surface area (Å²) < 4.78 is 6.33. The van der Waals surface area contributed by atoms with Gasteiger partial charge in [0.25, 0.3) is 0 Å². The molecule has 0 spiro atoms. The van der Waals surface area contributed by atoms with Crippen LogP contribution in [0, 0.1) is 6.92 Å². The normalized spacial score (nSPS) is 22.2. The van der Waals surface area contributed by atoms with Crippen molar-refractivity contribution in [2.24, 2.45) is 0 Å². The Morgan fingerprint density at radius 3 is 2.68 bits per heavy atom. The highest BCUT2D eigenvalue weighted by Gasteiger charge is 2.29. The van der Waals surface area contributed by atoms with Crippen molar-refractivity contribution in [3.63, 3.8) is 0 Å². The highest BCUT2D eigenvalue weighted by molar-refractivity contribution is 9.10. The number of hydrogen-bond acceptors (Lipinski definition) is 3. The molecule has 1 N–H and O–H groups in total. The molecular weight excluding hydrogens is 304 g/mol. The van der Waals surface area contributed by atoms with Crippen LogP contribution in [0.5, 0.6) is 0 Å². The monoisotopic (exact) mass is 320 g/mol. The predicted molar refractivity (Wildman–Crippen MR) is 78.0 cm³/mol.